The number of nitrogens with zero attached hydrogens (tertiary/aromatic N) is 4. The molecule has 0 N–H and O–H groups in total. The van der Waals surface area contributed by atoms with Crippen LogP contribution in [-0.4, -0.2) is 44.1 Å². The molecule has 144 valence electrons. The Balaban J connectivity index is 2.79. The number of benzene rings is 1. The minimum Gasteiger partial charge on any atom is -0.309 e. The van der Waals surface area contributed by atoms with E-state index in [-0.39, 0.29) is 25.1 Å². The van der Waals surface area contributed by atoms with E-state index in [0.29, 0.717) is 12.5 Å². The van der Waals surface area contributed by atoms with E-state index in [0.717, 1.165) is 16.7 Å². The van der Waals surface area contributed by atoms with E-state index in [9.17, 15) is 25.6 Å². The predicted octanol–water partition coefficient (Wildman–Crippen LogP) is 2.45. The van der Waals surface area contributed by atoms with Crippen LogP contribution in [0.2, 0.25) is 10.0 Å². The fourth-order valence-corrected chi connectivity index (χ4v) is 5.85. The first-order chi connectivity index (χ1) is 11.7. The standard InChI is InChI=1S/C12H12Cl2F2N4O4S2/c1-19-11(17-18-12(19)10(15)16)6-4-9(8(14)5-7(6)13)20(25(2,21)22)26(3,23)24/h4-5,10H,1-3H3. The van der Waals surface area contributed by atoms with Crippen LogP contribution in [0.15, 0.2) is 12.1 Å². The highest BCUT2D eigenvalue weighted by atomic mass is 35.5. The number of hydrogen-bond donors (Lipinski definition) is 0. The van der Waals surface area contributed by atoms with Crippen LogP contribution >= 0.6 is 23.2 Å². The fourth-order valence-electron chi connectivity index (χ4n) is 2.22. The topological polar surface area (TPSA) is 102 Å². The summed E-state index contributed by atoms with van der Waals surface area (Å²) in [5, 5.41) is 6.63. The number of sulfonamides is 2. The Hall–Kier alpha value is -1.50. The molecule has 0 saturated carbocycles. The summed E-state index contributed by atoms with van der Waals surface area (Å²) in [6.07, 6.45) is -1.55. The lowest BCUT2D eigenvalue weighted by molar-refractivity contribution is 0.136. The second-order valence-electron chi connectivity index (χ2n) is 5.25. The van der Waals surface area contributed by atoms with Crippen LogP contribution in [0.1, 0.15) is 12.2 Å². The number of rotatable bonds is 5. The first kappa shape index (κ1) is 20.8. The molecule has 0 amide bonds. The lowest BCUT2D eigenvalue weighted by Gasteiger charge is -2.22. The number of hydrogen-bond acceptors (Lipinski definition) is 6. The van der Waals surface area contributed by atoms with Crippen LogP contribution in [0.5, 0.6) is 0 Å². The van der Waals surface area contributed by atoms with Gasteiger partial charge in [-0.2, -0.15) is 3.71 Å². The third-order valence-corrected chi connectivity index (χ3v) is 7.02. The zero-order valence-electron chi connectivity index (χ0n) is 13.5. The Kier molecular flexibility index (Phi) is 5.53. The molecule has 0 saturated heterocycles. The van der Waals surface area contributed by atoms with E-state index in [1.54, 1.807) is 0 Å². The van der Waals surface area contributed by atoms with Crippen molar-refractivity contribution in [3.63, 3.8) is 0 Å². The van der Waals surface area contributed by atoms with Gasteiger partial charge in [0.25, 0.3) is 6.43 Å². The molecule has 0 aliphatic carbocycles. The maximum absolute atomic E-state index is 12.9. The van der Waals surface area contributed by atoms with Crippen LogP contribution in [0.4, 0.5) is 14.5 Å². The Bertz CT molecular complexity index is 1040. The molecule has 2 aromatic rings. The van der Waals surface area contributed by atoms with Crippen molar-refractivity contribution in [2.75, 3.05) is 16.2 Å². The Labute approximate surface area is 158 Å². The fraction of sp³-hybridized carbons (Fsp3) is 0.333. The molecule has 1 heterocycles. The van der Waals surface area contributed by atoms with Crippen LogP contribution in [0.3, 0.4) is 0 Å². The van der Waals surface area contributed by atoms with Gasteiger partial charge in [0.1, 0.15) is 0 Å². The smallest absolute Gasteiger partial charge is 0.297 e. The average Bonchev–Trinajstić information content (AvgIpc) is 2.80. The molecule has 0 aliphatic rings. The molecule has 0 fully saturated rings. The molecule has 0 aliphatic heterocycles. The third kappa shape index (κ3) is 3.92. The first-order valence-electron chi connectivity index (χ1n) is 6.62. The zero-order valence-corrected chi connectivity index (χ0v) is 16.6. The monoisotopic (exact) mass is 448 g/mol. The molecule has 0 unspecified atom stereocenters. The number of alkyl halides is 2. The van der Waals surface area contributed by atoms with Gasteiger partial charge in [-0.15, -0.1) is 10.2 Å². The molecular formula is C12H12Cl2F2N4O4S2. The molecule has 1 aromatic heterocycles. The maximum atomic E-state index is 12.9. The molecule has 14 heteroatoms. The van der Waals surface area contributed by atoms with Crippen LogP contribution in [0.25, 0.3) is 11.4 Å². The average molecular weight is 449 g/mol. The van der Waals surface area contributed by atoms with Crippen molar-refractivity contribution in [2.45, 2.75) is 6.43 Å². The molecule has 0 atom stereocenters. The second-order valence-corrected chi connectivity index (χ2v) is 9.96. The van der Waals surface area contributed by atoms with Gasteiger partial charge < -0.3 is 4.57 Å². The van der Waals surface area contributed by atoms with Gasteiger partial charge in [0.2, 0.25) is 20.0 Å². The number of aromatic nitrogens is 3. The van der Waals surface area contributed by atoms with Gasteiger partial charge in [0.15, 0.2) is 11.6 Å². The van der Waals surface area contributed by atoms with Gasteiger partial charge in [-0.25, -0.2) is 25.6 Å². The van der Waals surface area contributed by atoms with Crippen molar-refractivity contribution in [1.29, 1.82) is 0 Å². The third-order valence-electron chi connectivity index (χ3n) is 3.18. The van der Waals surface area contributed by atoms with E-state index in [1.807, 2.05) is 0 Å². The molecule has 0 radical (unpaired) electrons. The second kappa shape index (κ2) is 6.91. The molecule has 2 rings (SSSR count). The largest absolute Gasteiger partial charge is 0.309 e. The minimum absolute atomic E-state index is 0.0229. The van der Waals surface area contributed by atoms with E-state index >= 15 is 0 Å². The van der Waals surface area contributed by atoms with Crippen molar-refractivity contribution < 1.29 is 25.6 Å². The van der Waals surface area contributed by atoms with Crippen molar-refractivity contribution in [1.82, 2.24) is 14.8 Å². The first-order valence-corrected chi connectivity index (χ1v) is 11.1. The van der Waals surface area contributed by atoms with E-state index in [2.05, 4.69) is 10.2 Å². The van der Waals surface area contributed by atoms with Crippen molar-refractivity contribution in [2.24, 2.45) is 7.05 Å². The maximum Gasteiger partial charge on any atom is 0.297 e. The summed E-state index contributed by atoms with van der Waals surface area (Å²) in [6, 6.07) is 2.12. The van der Waals surface area contributed by atoms with Gasteiger partial charge in [-0.05, 0) is 12.1 Å². The Morgan fingerprint density at radius 2 is 1.58 bits per heavy atom. The molecule has 0 bridgehead atoms. The zero-order chi connectivity index (χ0) is 20.0. The van der Waals surface area contributed by atoms with Gasteiger partial charge >= 0.3 is 0 Å². The van der Waals surface area contributed by atoms with Crippen molar-refractivity contribution >= 4 is 48.9 Å². The van der Waals surface area contributed by atoms with Gasteiger partial charge in [0.05, 0.1) is 28.2 Å². The number of halogens is 4. The lowest BCUT2D eigenvalue weighted by atomic mass is 10.2. The Morgan fingerprint density at radius 1 is 1.04 bits per heavy atom. The van der Waals surface area contributed by atoms with Gasteiger partial charge in [0, 0.05) is 12.6 Å². The normalized spacial score (nSPS) is 12.6. The van der Waals surface area contributed by atoms with Crippen LogP contribution in [-0.2, 0) is 27.1 Å². The lowest BCUT2D eigenvalue weighted by Crippen LogP contribution is -2.35. The molecular weight excluding hydrogens is 437 g/mol. The predicted molar refractivity (Wildman–Crippen MR) is 93.6 cm³/mol. The summed E-state index contributed by atoms with van der Waals surface area (Å²) in [6.45, 7) is 0. The summed E-state index contributed by atoms with van der Waals surface area (Å²) >= 11 is 12.0. The molecule has 26 heavy (non-hydrogen) atoms. The van der Waals surface area contributed by atoms with E-state index < -0.39 is 38.0 Å². The van der Waals surface area contributed by atoms with Gasteiger partial charge in [-0.3, -0.25) is 0 Å². The highest BCUT2D eigenvalue weighted by molar-refractivity contribution is 8.09. The van der Waals surface area contributed by atoms with Crippen molar-refractivity contribution in [3.8, 4) is 11.4 Å². The van der Waals surface area contributed by atoms with Crippen LogP contribution < -0.4 is 3.71 Å². The Morgan fingerprint density at radius 3 is 2.00 bits per heavy atom. The van der Waals surface area contributed by atoms with Crippen LogP contribution in [0, 0.1) is 0 Å². The highest BCUT2D eigenvalue weighted by Gasteiger charge is 2.31. The molecule has 0 spiro atoms. The van der Waals surface area contributed by atoms with E-state index in [4.69, 9.17) is 23.2 Å². The summed E-state index contributed by atoms with van der Waals surface area (Å²) in [5.74, 6) is -0.763. The highest BCUT2D eigenvalue weighted by Crippen LogP contribution is 2.38. The molecule has 1 aromatic carbocycles. The summed E-state index contributed by atoms with van der Waals surface area (Å²) in [4.78, 5) is 0. The van der Waals surface area contributed by atoms with Crippen molar-refractivity contribution in [3.05, 3.63) is 28.0 Å². The molecule has 8 nitrogen and oxygen atoms in total. The van der Waals surface area contributed by atoms with Gasteiger partial charge in [-0.1, -0.05) is 23.2 Å². The summed E-state index contributed by atoms with van der Waals surface area (Å²) < 4.78 is 74.7. The number of anilines is 1. The van der Waals surface area contributed by atoms with E-state index in [1.165, 1.54) is 7.05 Å². The SMILES string of the molecule is Cn1c(-c2cc(N(S(C)(=O)=O)S(C)(=O)=O)c(Cl)cc2Cl)nnc1C(F)F. The minimum atomic E-state index is -4.27. The summed E-state index contributed by atoms with van der Waals surface area (Å²) in [7, 11) is -7.29. The summed E-state index contributed by atoms with van der Waals surface area (Å²) in [5.41, 5.74) is -0.442. The quantitative estimate of drug-likeness (QED) is 0.695.